The van der Waals surface area contributed by atoms with Gasteiger partial charge in [-0.15, -0.1) is 38.0 Å². The standard InChI is InChI=1S/C25H25F3N2O2.2ClH/c26-25(27,28)32-23-12-8-21(9-13-23)24(30-16-14-29-15-17-30)20-6-10-22(11-7-20)31-18-19-4-2-1-3-5-19;;/h1-13,24,29H,14-18H2;2*1H/t24-;;/m1../s1. The minimum atomic E-state index is -4.70. The Hall–Kier alpha value is -2.45. The molecule has 1 fully saturated rings. The summed E-state index contributed by atoms with van der Waals surface area (Å²) in [6.07, 6.45) is -4.70. The van der Waals surface area contributed by atoms with Gasteiger partial charge < -0.3 is 14.8 Å². The number of halogens is 5. The summed E-state index contributed by atoms with van der Waals surface area (Å²) >= 11 is 0. The zero-order valence-electron chi connectivity index (χ0n) is 18.3. The summed E-state index contributed by atoms with van der Waals surface area (Å²) in [5, 5.41) is 3.34. The molecule has 0 spiro atoms. The van der Waals surface area contributed by atoms with Crippen LogP contribution in [0.5, 0.6) is 11.5 Å². The van der Waals surface area contributed by atoms with E-state index in [0.29, 0.717) is 6.61 Å². The number of nitrogens with one attached hydrogen (secondary N) is 1. The molecule has 1 aliphatic rings. The van der Waals surface area contributed by atoms with Crippen molar-refractivity contribution in [3.63, 3.8) is 0 Å². The molecular weight excluding hydrogens is 488 g/mol. The number of nitrogens with zero attached hydrogens (tertiary/aromatic N) is 1. The molecule has 0 saturated carbocycles. The molecule has 3 aromatic rings. The van der Waals surface area contributed by atoms with Crippen LogP contribution in [0.4, 0.5) is 13.2 Å². The zero-order chi connectivity index (χ0) is 22.4. The van der Waals surface area contributed by atoms with E-state index in [-0.39, 0.29) is 36.6 Å². The van der Waals surface area contributed by atoms with Gasteiger partial charge in [-0.3, -0.25) is 4.90 Å². The van der Waals surface area contributed by atoms with E-state index >= 15 is 0 Å². The second-order valence-corrected chi connectivity index (χ2v) is 7.65. The average molecular weight is 515 g/mol. The van der Waals surface area contributed by atoms with Gasteiger partial charge in [0.05, 0.1) is 6.04 Å². The van der Waals surface area contributed by atoms with Gasteiger partial charge in [-0.25, -0.2) is 0 Å². The maximum atomic E-state index is 12.5. The van der Waals surface area contributed by atoms with E-state index in [1.807, 2.05) is 54.6 Å². The summed E-state index contributed by atoms with van der Waals surface area (Å²) in [5.74, 6) is 0.551. The Morgan fingerprint density at radius 2 is 1.29 bits per heavy atom. The molecule has 1 heterocycles. The van der Waals surface area contributed by atoms with Crippen molar-refractivity contribution in [3.8, 4) is 11.5 Å². The van der Waals surface area contributed by atoms with Gasteiger partial charge in [0.1, 0.15) is 18.1 Å². The molecule has 0 aliphatic carbocycles. The lowest BCUT2D eigenvalue weighted by molar-refractivity contribution is -0.274. The SMILES string of the molecule is Cl.Cl.FC(F)(F)Oc1ccc([C@@H](c2ccc(OCc3ccccc3)cc2)N2CCNCC2)cc1. The van der Waals surface area contributed by atoms with Crippen molar-refractivity contribution in [2.75, 3.05) is 26.2 Å². The average Bonchev–Trinajstić information content (AvgIpc) is 2.80. The molecule has 1 aliphatic heterocycles. The van der Waals surface area contributed by atoms with E-state index in [1.54, 1.807) is 12.1 Å². The summed E-state index contributed by atoms with van der Waals surface area (Å²) in [4.78, 5) is 2.33. The van der Waals surface area contributed by atoms with Crippen LogP contribution >= 0.6 is 24.8 Å². The highest BCUT2D eigenvalue weighted by Crippen LogP contribution is 2.32. The van der Waals surface area contributed by atoms with Gasteiger partial charge in [-0.2, -0.15) is 0 Å². The highest BCUT2D eigenvalue weighted by atomic mass is 35.5. The number of hydrogen-bond acceptors (Lipinski definition) is 4. The van der Waals surface area contributed by atoms with Gasteiger partial charge in [0.25, 0.3) is 0 Å². The second kappa shape index (κ2) is 12.9. The molecule has 184 valence electrons. The number of ether oxygens (including phenoxy) is 2. The monoisotopic (exact) mass is 514 g/mol. The lowest BCUT2D eigenvalue weighted by atomic mass is 9.96. The first-order valence-electron chi connectivity index (χ1n) is 10.6. The Kier molecular flexibility index (Phi) is 10.5. The normalized spacial score (nSPS) is 14.9. The lowest BCUT2D eigenvalue weighted by Gasteiger charge is -2.35. The fourth-order valence-electron chi connectivity index (χ4n) is 3.89. The molecule has 34 heavy (non-hydrogen) atoms. The second-order valence-electron chi connectivity index (χ2n) is 7.65. The molecule has 1 N–H and O–H groups in total. The molecule has 1 saturated heterocycles. The number of hydrogen-bond donors (Lipinski definition) is 1. The minimum Gasteiger partial charge on any atom is -0.489 e. The van der Waals surface area contributed by atoms with Crippen LogP contribution in [0.3, 0.4) is 0 Å². The van der Waals surface area contributed by atoms with Crippen LogP contribution in [-0.4, -0.2) is 37.4 Å². The van der Waals surface area contributed by atoms with E-state index in [4.69, 9.17) is 4.74 Å². The molecule has 0 unspecified atom stereocenters. The third-order valence-electron chi connectivity index (χ3n) is 5.39. The number of benzene rings is 3. The smallest absolute Gasteiger partial charge is 0.489 e. The highest BCUT2D eigenvalue weighted by Gasteiger charge is 2.31. The number of piperazine rings is 1. The van der Waals surface area contributed by atoms with E-state index < -0.39 is 6.36 Å². The third kappa shape index (κ3) is 7.81. The molecule has 4 rings (SSSR count). The molecule has 9 heteroatoms. The first-order chi connectivity index (χ1) is 15.5. The zero-order valence-corrected chi connectivity index (χ0v) is 20.0. The van der Waals surface area contributed by atoms with Gasteiger partial charge in [0, 0.05) is 26.2 Å². The molecule has 0 bridgehead atoms. The van der Waals surface area contributed by atoms with E-state index in [0.717, 1.165) is 48.6 Å². The summed E-state index contributed by atoms with van der Waals surface area (Å²) < 4.78 is 47.5. The molecule has 3 aromatic carbocycles. The van der Waals surface area contributed by atoms with Crippen molar-refractivity contribution >= 4 is 24.8 Å². The van der Waals surface area contributed by atoms with Crippen molar-refractivity contribution in [2.24, 2.45) is 0 Å². The van der Waals surface area contributed by atoms with Crippen LogP contribution in [0.2, 0.25) is 0 Å². The van der Waals surface area contributed by atoms with Crippen molar-refractivity contribution in [2.45, 2.75) is 19.0 Å². The van der Waals surface area contributed by atoms with Crippen molar-refractivity contribution in [3.05, 3.63) is 95.6 Å². The fraction of sp³-hybridized carbons (Fsp3) is 0.280. The van der Waals surface area contributed by atoms with Crippen LogP contribution < -0.4 is 14.8 Å². The summed E-state index contributed by atoms with van der Waals surface area (Å²) in [6.45, 7) is 3.91. The van der Waals surface area contributed by atoms with Crippen molar-refractivity contribution in [1.29, 1.82) is 0 Å². The van der Waals surface area contributed by atoms with E-state index in [9.17, 15) is 13.2 Å². The van der Waals surface area contributed by atoms with Crippen LogP contribution in [0.1, 0.15) is 22.7 Å². The van der Waals surface area contributed by atoms with Gasteiger partial charge in [-0.05, 0) is 41.0 Å². The topological polar surface area (TPSA) is 33.7 Å². The quantitative estimate of drug-likeness (QED) is 0.419. The molecule has 1 atom stereocenters. The first-order valence-corrected chi connectivity index (χ1v) is 10.6. The van der Waals surface area contributed by atoms with Crippen molar-refractivity contribution < 1.29 is 22.6 Å². The number of alkyl halides is 3. The predicted octanol–water partition coefficient (Wildman–Crippen LogP) is 6.00. The third-order valence-corrected chi connectivity index (χ3v) is 5.39. The van der Waals surface area contributed by atoms with Gasteiger partial charge in [0.15, 0.2) is 0 Å². The maximum absolute atomic E-state index is 12.5. The van der Waals surface area contributed by atoms with E-state index in [2.05, 4.69) is 15.0 Å². The Morgan fingerprint density at radius 3 is 1.82 bits per heavy atom. The fourth-order valence-corrected chi connectivity index (χ4v) is 3.89. The predicted molar refractivity (Wildman–Crippen MR) is 131 cm³/mol. The maximum Gasteiger partial charge on any atom is 0.573 e. The molecule has 4 nitrogen and oxygen atoms in total. The minimum absolute atomic E-state index is 0. The molecule has 0 radical (unpaired) electrons. The Labute approximate surface area is 209 Å². The first kappa shape index (κ1) is 27.8. The summed E-state index contributed by atoms with van der Waals surface area (Å²) in [7, 11) is 0. The number of rotatable bonds is 7. The molecule has 0 aromatic heterocycles. The molecular formula is C25H27Cl2F3N2O2. The van der Waals surface area contributed by atoms with Crippen LogP contribution in [0.25, 0.3) is 0 Å². The van der Waals surface area contributed by atoms with Crippen LogP contribution in [-0.2, 0) is 6.61 Å². The van der Waals surface area contributed by atoms with Crippen LogP contribution in [0.15, 0.2) is 78.9 Å². The lowest BCUT2D eigenvalue weighted by Crippen LogP contribution is -2.45. The Morgan fingerprint density at radius 1 is 0.765 bits per heavy atom. The Balaban J connectivity index is 0.00000204. The highest BCUT2D eigenvalue weighted by molar-refractivity contribution is 5.85. The summed E-state index contributed by atoms with van der Waals surface area (Å²) in [6, 6.07) is 23.9. The van der Waals surface area contributed by atoms with E-state index in [1.165, 1.54) is 12.1 Å². The van der Waals surface area contributed by atoms with Gasteiger partial charge in [0.2, 0.25) is 0 Å². The van der Waals surface area contributed by atoms with Gasteiger partial charge >= 0.3 is 6.36 Å². The summed E-state index contributed by atoms with van der Waals surface area (Å²) in [5.41, 5.74) is 3.07. The Bertz CT molecular complexity index is 982. The molecule has 0 amide bonds. The van der Waals surface area contributed by atoms with Gasteiger partial charge in [-0.1, -0.05) is 54.6 Å². The largest absolute Gasteiger partial charge is 0.573 e. The van der Waals surface area contributed by atoms with Crippen molar-refractivity contribution in [1.82, 2.24) is 10.2 Å². The van der Waals surface area contributed by atoms with Crippen LogP contribution in [0, 0.1) is 0 Å².